The van der Waals surface area contributed by atoms with Crippen LogP contribution in [0.15, 0.2) is 11.4 Å². The second kappa shape index (κ2) is 6.79. The van der Waals surface area contributed by atoms with Crippen molar-refractivity contribution in [2.24, 2.45) is 11.0 Å². The Hall–Kier alpha value is -2.43. The molecule has 0 amide bonds. The molecular formula is C16H21N8O5P. The average Bonchev–Trinajstić information content (AvgIpc) is 3.35. The highest BCUT2D eigenvalue weighted by atomic mass is 31.2. The zero-order valence-electron chi connectivity index (χ0n) is 16.4. The van der Waals surface area contributed by atoms with E-state index in [9.17, 15) is 10.1 Å². The largest absolute Gasteiger partial charge is 0.479 e. The number of rotatable bonds is 5. The molecule has 0 spiro atoms. The molecule has 13 nitrogen and oxygen atoms in total. The van der Waals surface area contributed by atoms with Crippen LogP contribution >= 0.6 is 7.60 Å². The molecule has 1 unspecified atom stereocenters. The van der Waals surface area contributed by atoms with E-state index in [4.69, 9.17) is 24.3 Å². The molecular weight excluding hydrogens is 415 g/mol. The number of imidazole rings is 1. The van der Waals surface area contributed by atoms with Gasteiger partial charge in [-0.05, 0) is 31.2 Å². The highest BCUT2D eigenvalue weighted by Crippen LogP contribution is 2.61. The first-order valence-corrected chi connectivity index (χ1v) is 11.3. The predicted molar refractivity (Wildman–Crippen MR) is 104 cm³/mol. The van der Waals surface area contributed by atoms with Crippen LogP contribution in [0.25, 0.3) is 21.6 Å². The SMILES string of the molecule is COc1nc(N)nc2c1ncn2[C@@H]1O[C@@H]2COP(=O)(CC3CC3)O[C@H]2[C@@]1(C)N=[N+]=[N-]. The molecule has 2 saturated heterocycles. The number of hydrogen-bond donors (Lipinski definition) is 1. The van der Waals surface area contributed by atoms with Crippen LogP contribution in [-0.2, 0) is 18.3 Å². The van der Waals surface area contributed by atoms with Gasteiger partial charge in [0, 0.05) is 4.91 Å². The van der Waals surface area contributed by atoms with Gasteiger partial charge in [-0.2, -0.15) is 9.97 Å². The Morgan fingerprint density at radius 1 is 1.50 bits per heavy atom. The van der Waals surface area contributed by atoms with Crippen molar-refractivity contribution in [3.8, 4) is 5.88 Å². The number of anilines is 1. The van der Waals surface area contributed by atoms with E-state index in [0.29, 0.717) is 23.2 Å². The van der Waals surface area contributed by atoms with Crippen LogP contribution in [0.1, 0.15) is 26.0 Å². The van der Waals surface area contributed by atoms with Gasteiger partial charge in [-0.3, -0.25) is 9.13 Å². The van der Waals surface area contributed by atoms with Gasteiger partial charge in [0.15, 0.2) is 17.4 Å². The number of methoxy groups -OCH3 is 1. The molecule has 2 aliphatic heterocycles. The molecule has 5 atom stereocenters. The summed E-state index contributed by atoms with van der Waals surface area (Å²) in [4.78, 5) is 15.6. The molecule has 1 aliphatic carbocycles. The van der Waals surface area contributed by atoms with Crippen molar-refractivity contribution >= 4 is 24.7 Å². The second-order valence-electron chi connectivity index (χ2n) is 7.92. The van der Waals surface area contributed by atoms with Crippen molar-refractivity contribution in [3.05, 3.63) is 16.8 Å². The topological polar surface area (TPSA) is 172 Å². The minimum atomic E-state index is -3.31. The van der Waals surface area contributed by atoms with Gasteiger partial charge in [-0.25, -0.2) is 4.98 Å². The van der Waals surface area contributed by atoms with Crippen LogP contribution in [-0.4, -0.2) is 57.1 Å². The van der Waals surface area contributed by atoms with E-state index >= 15 is 0 Å². The minimum absolute atomic E-state index is 0.00415. The Morgan fingerprint density at radius 3 is 3.00 bits per heavy atom. The maximum absolute atomic E-state index is 13.1. The summed E-state index contributed by atoms with van der Waals surface area (Å²) >= 11 is 0. The van der Waals surface area contributed by atoms with Crippen LogP contribution < -0.4 is 10.5 Å². The third-order valence-electron chi connectivity index (χ3n) is 5.72. The van der Waals surface area contributed by atoms with E-state index in [1.54, 1.807) is 11.5 Å². The van der Waals surface area contributed by atoms with Crippen molar-refractivity contribution in [1.29, 1.82) is 0 Å². The number of nitrogens with zero attached hydrogens (tertiary/aromatic N) is 7. The molecule has 0 aromatic carbocycles. The number of hydrogen-bond acceptors (Lipinski definition) is 10. The Bertz CT molecular complexity index is 1100. The van der Waals surface area contributed by atoms with Gasteiger partial charge >= 0.3 is 7.60 Å². The Kier molecular flexibility index (Phi) is 4.42. The van der Waals surface area contributed by atoms with Gasteiger partial charge in [-0.15, -0.1) is 0 Å². The fourth-order valence-electron chi connectivity index (χ4n) is 4.07. The van der Waals surface area contributed by atoms with Crippen LogP contribution in [0.3, 0.4) is 0 Å². The lowest BCUT2D eigenvalue weighted by molar-refractivity contribution is -0.0572. The molecule has 5 rings (SSSR count). The van der Waals surface area contributed by atoms with Crippen LogP contribution in [0.4, 0.5) is 5.95 Å². The van der Waals surface area contributed by atoms with Gasteiger partial charge in [0.1, 0.15) is 17.7 Å². The van der Waals surface area contributed by atoms with Crippen LogP contribution in [0.5, 0.6) is 5.88 Å². The smallest absolute Gasteiger partial charge is 0.331 e. The quantitative estimate of drug-likeness (QED) is 0.319. The molecule has 30 heavy (non-hydrogen) atoms. The first-order chi connectivity index (χ1) is 14.4. The highest BCUT2D eigenvalue weighted by molar-refractivity contribution is 7.53. The molecule has 4 heterocycles. The lowest BCUT2D eigenvalue weighted by Crippen LogP contribution is -2.46. The van der Waals surface area contributed by atoms with E-state index in [1.807, 2.05) is 0 Å². The fourth-order valence-corrected chi connectivity index (χ4v) is 6.39. The number of aromatic nitrogens is 4. The molecule has 2 aromatic heterocycles. The van der Waals surface area contributed by atoms with E-state index < -0.39 is 31.6 Å². The number of nitrogen functional groups attached to an aromatic ring is 1. The lowest BCUT2D eigenvalue weighted by Gasteiger charge is -2.36. The van der Waals surface area contributed by atoms with Crippen LogP contribution in [0, 0.1) is 5.92 Å². The highest BCUT2D eigenvalue weighted by Gasteiger charge is 2.60. The summed E-state index contributed by atoms with van der Waals surface area (Å²) in [5.41, 5.74) is 14.6. The molecule has 14 heteroatoms. The van der Waals surface area contributed by atoms with E-state index in [-0.39, 0.29) is 18.4 Å². The maximum Gasteiger partial charge on any atom is 0.331 e. The number of fused-ring (bicyclic) bond motifs is 2. The third kappa shape index (κ3) is 3.01. The maximum atomic E-state index is 13.1. The zero-order valence-corrected chi connectivity index (χ0v) is 17.3. The standard InChI is InChI=1S/C16H21N8O5P/c1-16(22-23-18)11-9(5-27-30(25,29-11)6-8-3-4-8)28-14(16)24-7-19-10-12(24)20-15(17)21-13(10)26-2/h7-9,11,14H,3-6H2,1-2H3,(H2,17,20,21)/t9-,11-,14-,16-,30?/m1/s1. The number of azide groups is 1. The monoisotopic (exact) mass is 436 g/mol. The van der Waals surface area contributed by atoms with E-state index in [1.165, 1.54) is 13.4 Å². The molecule has 3 fully saturated rings. The van der Waals surface area contributed by atoms with Crippen molar-refractivity contribution in [1.82, 2.24) is 19.5 Å². The van der Waals surface area contributed by atoms with Crippen molar-refractivity contribution < 1.29 is 23.1 Å². The number of nitrogens with two attached hydrogens (primary N) is 1. The average molecular weight is 436 g/mol. The summed E-state index contributed by atoms with van der Waals surface area (Å²) in [5, 5.41) is 4.01. The molecule has 0 bridgehead atoms. The molecule has 160 valence electrons. The Labute approximate surface area is 171 Å². The third-order valence-corrected chi connectivity index (χ3v) is 7.77. The van der Waals surface area contributed by atoms with Gasteiger partial charge in [0.25, 0.3) is 0 Å². The van der Waals surface area contributed by atoms with Crippen LogP contribution in [0.2, 0.25) is 0 Å². The second-order valence-corrected chi connectivity index (χ2v) is 9.97. The summed E-state index contributed by atoms with van der Waals surface area (Å²) < 4.78 is 37.7. The summed E-state index contributed by atoms with van der Waals surface area (Å²) in [6, 6.07) is 0. The summed E-state index contributed by atoms with van der Waals surface area (Å²) in [5.74, 6) is 0.558. The molecule has 1 saturated carbocycles. The Morgan fingerprint density at radius 2 is 2.30 bits per heavy atom. The molecule has 3 aliphatic rings. The molecule has 0 radical (unpaired) electrons. The van der Waals surface area contributed by atoms with Crippen molar-refractivity contribution in [2.45, 2.75) is 43.7 Å². The Balaban J connectivity index is 1.56. The van der Waals surface area contributed by atoms with E-state index in [2.05, 4.69) is 25.0 Å². The number of ether oxygens (including phenoxy) is 2. The summed E-state index contributed by atoms with van der Waals surface area (Å²) in [6.07, 6.45) is 1.70. The lowest BCUT2D eigenvalue weighted by atomic mass is 9.93. The van der Waals surface area contributed by atoms with Gasteiger partial charge in [0.2, 0.25) is 11.8 Å². The van der Waals surface area contributed by atoms with Crippen molar-refractivity contribution in [2.75, 3.05) is 25.6 Å². The summed E-state index contributed by atoms with van der Waals surface area (Å²) in [6.45, 7) is 1.78. The first kappa shape index (κ1) is 19.5. The predicted octanol–water partition coefficient (Wildman–Crippen LogP) is 2.40. The summed E-state index contributed by atoms with van der Waals surface area (Å²) in [7, 11) is -1.85. The van der Waals surface area contributed by atoms with Gasteiger partial charge in [0.05, 0.1) is 26.2 Å². The molecule has 2 N–H and O–H groups in total. The minimum Gasteiger partial charge on any atom is -0.479 e. The van der Waals surface area contributed by atoms with Crippen molar-refractivity contribution in [3.63, 3.8) is 0 Å². The van der Waals surface area contributed by atoms with E-state index in [0.717, 1.165) is 12.8 Å². The molecule has 2 aromatic rings. The first-order valence-electron chi connectivity index (χ1n) is 9.54. The normalized spacial score (nSPS) is 35.7. The fraction of sp³-hybridized carbons (Fsp3) is 0.688. The van der Waals surface area contributed by atoms with Gasteiger partial charge in [-0.1, -0.05) is 5.11 Å². The zero-order chi connectivity index (χ0) is 21.1. The van der Waals surface area contributed by atoms with Gasteiger partial charge < -0.3 is 24.3 Å².